The van der Waals surface area contributed by atoms with E-state index >= 15 is 0 Å². The van der Waals surface area contributed by atoms with E-state index in [9.17, 15) is 18.0 Å². The molecule has 1 unspecified atom stereocenters. The lowest BCUT2D eigenvalue weighted by atomic mass is 10.0. The maximum absolute atomic E-state index is 13.4. The second-order valence-corrected chi connectivity index (χ2v) is 11.1. The number of aromatic nitrogens is 3. The van der Waals surface area contributed by atoms with Crippen molar-refractivity contribution in [3.8, 4) is 0 Å². The van der Waals surface area contributed by atoms with Gasteiger partial charge >= 0.3 is 6.18 Å². The van der Waals surface area contributed by atoms with Crippen molar-refractivity contribution in [3.63, 3.8) is 0 Å². The summed E-state index contributed by atoms with van der Waals surface area (Å²) in [5.74, 6) is 1.44. The first-order chi connectivity index (χ1) is 18.3. The predicted molar refractivity (Wildman–Crippen MR) is 144 cm³/mol. The number of thioether (sulfide) groups is 1. The van der Waals surface area contributed by atoms with E-state index in [-0.39, 0.29) is 18.5 Å². The third-order valence-corrected chi connectivity index (χ3v) is 8.22. The summed E-state index contributed by atoms with van der Waals surface area (Å²) in [6.07, 6.45) is 0.846. The van der Waals surface area contributed by atoms with Crippen LogP contribution >= 0.6 is 23.4 Å². The van der Waals surface area contributed by atoms with Crippen LogP contribution in [0, 0.1) is 0 Å². The van der Waals surface area contributed by atoms with E-state index in [0.717, 1.165) is 62.8 Å². The standard InChI is InChI=1S/C26H28ClF3N6OS/c27-19-5-6-20-18(4-7-22(34-20)36-10-12-38-13-11-36)23(19)24(37)31-16-21(35-8-2-1-3-9-35)17-14-32-25(33-15-17)26(28,29)30/h4-7,14-15,21H,1-3,8-13,16H2,(H,31,37). The molecule has 7 nitrogen and oxygen atoms in total. The Hall–Kier alpha value is -2.63. The fraction of sp³-hybridized carbons (Fsp3) is 0.462. The van der Waals surface area contributed by atoms with E-state index in [1.54, 1.807) is 6.07 Å². The SMILES string of the molecule is O=C(NCC(c1cnc(C(F)(F)F)nc1)N1CCCCC1)c1c(Cl)ccc2nc(N3CCSCC3)ccc12. The van der Waals surface area contributed by atoms with Gasteiger partial charge in [-0.2, -0.15) is 24.9 Å². The van der Waals surface area contributed by atoms with E-state index < -0.39 is 12.0 Å². The summed E-state index contributed by atoms with van der Waals surface area (Å²) in [6.45, 7) is 3.58. The van der Waals surface area contributed by atoms with Crippen LogP contribution in [-0.2, 0) is 6.18 Å². The van der Waals surface area contributed by atoms with Gasteiger partial charge in [-0.05, 0) is 50.2 Å². The molecule has 12 heteroatoms. The monoisotopic (exact) mass is 564 g/mol. The quantitative estimate of drug-likeness (QED) is 0.441. The number of halogens is 4. The molecule has 202 valence electrons. The van der Waals surface area contributed by atoms with Crippen molar-refractivity contribution in [2.45, 2.75) is 31.5 Å². The number of hydrogen-bond donors (Lipinski definition) is 1. The molecule has 2 fully saturated rings. The Kier molecular flexibility index (Phi) is 8.25. The van der Waals surface area contributed by atoms with Gasteiger partial charge in [0.15, 0.2) is 0 Å². The van der Waals surface area contributed by atoms with Crippen LogP contribution in [0.5, 0.6) is 0 Å². The van der Waals surface area contributed by atoms with Gasteiger partial charge in [-0.15, -0.1) is 0 Å². The van der Waals surface area contributed by atoms with Crippen LogP contribution in [0.25, 0.3) is 10.9 Å². The zero-order chi connectivity index (χ0) is 26.7. The van der Waals surface area contributed by atoms with Crippen molar-refractivity contribution in [1.82, 2.24) is 25.2 Å². The molecule has 1 amide bonds. The summed E-state index contributed by atoms with van der Waals surface area (Å²) < 4.78 is 39.0. The molecular formula is C26H28ClF3N6OS. The number of amides is 1. The van der Waals surface area contributed by atoms with Crippen molar-refractivity contribution >= 4 is 46.0 Å². The van der Waals surface area contributed by atoms with Crippen molar-refractivity contribution in [1.29, 1.82) is 0 Å². The van der Waals surface area contributed by atoms with E-state index in [1.165, 1.54) is 12.4 Å². The maximum atomic E-state index is 13.4. The average molecular weight is 565 g/mol. The molecule has 0 spiro atoms. The van der Waals surface area contributed by atoms with Gasteiger partial charge in [-0.25, -0.2) is 15.0 Å². The van der Waals surface area contributed by atoms with Crippen LogP contribution in [0.3, 0.4) is 0 Å². The van der Waals surface area contributed by atoms with Gasteiger partial charge in [0, 0.05) is 54.5 Å². The molecule has 1 aromatic carbocycles. The number of hydrogen-bond acceptors (Lipinski definition) is 7. The Balaban J connectivity index is 1.38. The molecule has 4 heterocycles. The van der Waals surface area contributed by atoms with Gasteiger partial charge in [0.2, 0.25) is 5.82 Å². The molecule has 0 radical (unpaired) electrons. The normalized spacial score (nSPS) is 17.9. The highest BCUT2D eigenvalue weighted by atomic mass is 35.5. The lowest BCUT2D eigenvalue weighted by Crippen LogP contribution is -2.41. The van der Waals surface area contributed by atoms with Crippen molar-refractivity contribution < 1.29 is 18.0 Å². The minimum Gasteiger partial charge on any atom is -0.355 e. The molecule has 0 bridgehead atoms. The number of fused-ring (bicyclic) bond motifs is 1. The first kappa shape index (κ1) is 27.0. The molecule has 1 N–H and O–H groups in total. The van der Waals surface area contributed by atoms with Crippen LogP contribution in [0.1, 0.15) is 47.1 Å². The fourth-order valence-electron chi connectivity index (χ4n) is 4.99. The molecule has 2 saturated heterocycles. The third kappa shape index (κ3) is 6.00. The van der Waals surface area contributed by atoms with Gasteiger partial charge in [0.1, 0.15) is 5.82 Å². The Bertz CT molecular complexity index is 1280. The van der Waals surface area contributed by atoms with Crippen molar-refractivity contribution in [3.05, 3.63) is 58.6 Å². The number of carbonyl (C=O) groups excluding carboxylic acids is 1. The highest BCUT2D eigenvalue weighted by Crippen LogP contribution is 2.30. The molecule has 5 rings (SSSR count). The number of piperidine rings is 1. The number of benzene rings is 1. The second-order valence-electron chi connectivity index (χ2n) is 9.42. The van der Waals surface area contributed by atoms with Crippen LogP contribution in [0.2, 0.25) is 5.02 Å². The number of nitrogens with zero attached hydrogens (tertiary/aromatic N) is 5. The smallest absolute Gasteiger partial charge is 0.355 e. The fourth-order valence-corrected chi connectivity index (χ4v) is 6.14. The first-order valence-corrected chi connectivity index (χ1v) is 14.2. The predicted octanol–water partition coefficient (Wildman–Crippen LogP) is 5.21. The third-order valence-electron chi connectivity index (χ3n) is 6.97. The lowest BCUT2D eigenvalue weighted by Gasteiger charge is -2.34. The Morgan fingerprint density at radius 2 is 1.74 bits per heavy atom. The number of rotatable bonds is 6. The van der Waals surface area contributed by atoms with Crippen LogP contribution in [0.4, 0.5) is 19.0 Å². The van der Waals surface area contributed by atoms with Crippen molar-refractivity contribution in [2.75, 3.05) is 49.1 Å². The molecular weight excluding hydrogens is 537 g/mol. The second kappa shape index (κ2) is 11.6. The number of pyridine rings is 1. The summed E-state index contributed by atoms with van der Waals surface area (Å²) in [4.78, 5) is 29.7. The molecule has 0 aliphatic carbocycles. The largest absolute Gasteiger partial charge is 0.451 e. The lowest BCUT2D eigenvalue weighted by molar-refractivity contribution is -0.145. The number of anilines is 1. The van der Waals surface area contributed by atoms with E-state index in [1.807, 2.05) is 30.0 Å². The van der Waals surface area contributed by atoms with Gasteiger partial charge in [-0.3, -0.25) is 9.69 Å². The Labute approximate surface area is 228 Å². The van der Waals surface area contributed by atoms with Crippen LogP contribution < -0.4 is 10.2 Å². The highest BCUT2D eigenvalue weighted by Gasteiger charge is 2.35. The minimum atomic E-state index is -4.61. The molecule has 3 aromatic rings. The van der Waals surface area contributed by atoms with E-state index in [4.69, 9.17) is 16.6 Å². The number of nitrogens with one attached hydrogen (secondary N) is 1. The Morgan fingerprint density at radius 3 is 2.42 bits per heavy atom. The summed E-state index contributed by atoms with van der Waals surface area (Å²) >= 11 is 8.41. The zero-order valence-corrected chi connectivity index (χ0v) is 22.2. The molecule has 2 aliphatic rings. The van der Waals surface area contributed by atoms with Gasteiger partial charge in [0.25, 0.3) is 5.91 Å². The first-order valence-electron chi connectivity index (χ1n) is 12.6. The summed E-state index contributed by atoms with van der Waals surface area (Å²) in [6, 6.07) is 6.92. The van der Waals surface area contributed by atoms with Crippen LogP contribution in [-0.4, -0.2) is 70.0 Å². The number of alkyl halides is 3. The summed E-state index contributed by atoms with van der Waals surface area (Å²) in [5.41, 5.74) is 1.53. The van der Waals surface area contributed by atoms with Crippen LogP contribution in [0.15, 0.2) is 36.7 Å². The van der Waals surface area contributed by atoms with Gasteiger partial charge in [0.05, 0.1) is 22.1 Å². The topological polar surface area (TPSA) is 74.2 Å². The molecule has 1 atom stereocenters. The maximum Gasteiger partial charge on any atom is 0.451 e. The summed E-state index contributed by atoms with van der Waals surface area (Å²) in [7, 11) is 0. The molecule has 2 aromatic heterocycles. The minimum absolute atomic E-state index is 0.178. The molecule has 0 saturated carbocycles. The summed E-state index contributed by atoms with van der Waals surface area (Å²) in [5, 5.41) is 3.93. The average Bonchev–Trinajstić information content (AvgIpc) is 2.93. The zero-order valence-electron chi connectivity index (χ0n) is 20.7. The van der Waals surface area contributed by atoms with Crippen molar-refractivity contribution in [2.24, 2.45) is 0 Å². The Morgan fingerprint density at radius 1 is 1.03 bits per heavy atom. The molecule has 2 aliphatic heterocycles. The number of carbonyl (C=O) groups is 1. The number of likely N-dealkylation sites (tertiary alicyclic amines) is 1. The van der Waals surface area contributed by atoms with Gasteiger partial charge in [-0.1, -0.05) is 18.0 Å². The highest BCUT2D eigenvalue weighted by molar-refractivity contribution is 7.99. The van der Waals surface area contributed by atoms with Gasteiger partial charge < -0.3 is 10.2 Å². The molecule has 38 heavy (non-hydrogen) atoms. The van der Waals surface area contributed by atoms with E-state index in [2.05, 4.69) is 25.1 Å². The van der Waals surface area contributed by atoms with E-state index in [0.29, 0.717) is 27.1 Å².